The third kappa shape index (κ3) is 3.40. The van der Waals surface area contributed by atoms with Crippen LogP contribution in [0.5, 0.6) is 0 Å². The van der Waals surface area contributed by atoms with E-state index >= 15 is 0 Å². The van der Waals surface area contributed by atoms with Crippen molar-refractivity contribution in [1.29, 1.82) is 5.26 Å². The van der Waals surface area contributed by atoms with E-state index in [0.717, 1.165) is 0 Å². The van der Waals surface area contributed by atoms with Crippen molar-refractivity contribution in [2.45, 2.75) is 12.4 Å². The number of ether oxygens (including phenoxy) is 1. The Morgan fingerprint density at radius 3 is 2.86 bits per heavy atom. The van der Waals surface area contributed by atoms with Gasteiger partial charge in [-0.1, -0.05) is 12.1 Å². The Hall–Kier alpha value is -2.90. The summed E-state index contributed by atoms with van der Waals surface area (Å²) in [4.78, 5) is 16.2. The molecule has 110 valence electrons. The number of hydrogen-bond acceptors (Lipinski definition) is 7. The molecule has 2 aromatic rings. The number of nitriles is 1. The molecule has 0 aliphatic carbocycles. The summed E-state index contributed by atoms with van der Waals surface area (Å²) in [7, 11) is 0. The van der Waals surface area contributed by atoms with Crippen molar-refractivity contribution in [3.63, 3.8) is 0 Å². The Labute approximate surface area is 131 Å². The van der Waals surface area contributed by atoms with Gasteiger partial charge in [-0.15, -0.1) is 12.6 Å². The smallest absolute Gasteiger partial charge is 0.349 e. The zero-order chi connectivity index (χ0) is 16.1. The van der Waals surface area contributed by atoms with Crippen LogP contribution < -0.4 is 0 Å². The standard InChI is InChI=1S/C15H10N2O4S/c1-9(22)20-15(19)13(11(18)6-4-8-16)14-17-10-5-2-3-7-12(10)21-14/h2-3,5,7,9,18,22H,1H3/b13-11-. The summed E-state index contributed by atoms with van der Waals surface area (Å²) in [6.07, 6.45) is 0. The molecule has 22 heavy (non-hydrogen) atoms. The molecule has 0 amide bonds. The minimum Gasteiger partial charge on any atom is -0.500 e. The maximum absolute atomic E-state index is 12.1. The fraction of sp³-hybridized carbons (Fsp3) is 0.133. The van der Waals surface area contributed by atoms with Gasteiger partial charge in [-0.2, -0.15) is 5.26 Å². The predicted molar refractivity (Wildman–Crippen MR) is 81.5 cm³/mol. The van der Waals surface area contributed by atoms with Crippen molar-refractivity contribution < 1.29 is 19.1 Å². The van der Waals surface area contributed by atoms with Crippen LogP contribution in [0.15, 0.2) is 34.4 Å². The van der Waals surface area contributed by atoms with Gasteiger partial charge in [-0.25, -0.2) is 9.78 Å². The fourth-order valence-electron chi connectivity index (χ4n) is 1.63. The van der Waals surface area contributed by atoms with Gasteiger partial charge < -0.3 is 14.3 Å². The zero-order valence-electron chi connectivity index (χ0n) is 11.4. The lowest BCUT2D eigenvalue weighted by molar-refractivity contribution is -0.137. The molecule has 0 saturated heterocycles. The van der Waals surface area contributed by atoms with Gasteiger partial charge in [0.05, 0.1) is 0 Å². The first kappa shape index (κ1) is 15.5. The minimum absolute atomic E-state index is 0.148. The van der Waals surface area contributed by atoms with E-state index < -0.39 is 17.2 Å². The highest BCUT2D eigenvalue weighted by atomic mass is 32.1. The molecule has 2 rings (SSSR count). The van der Waals surface area contributed by atoms with E-state index in [0.29, 0.717) is 11.1 Å². The van der Waals surface area contributed by atoms with Crippen LogP contribution in [0.3, 0.4) is 0 Å². The Morgan fingerprint density at radius 1 is 1.50 bits per heavy atom. The van der Waals surface area contributed by atoms with Gasteiger partial charge in [0.1, 0.15) is 11.0 Å². The number of allylic oxidation sites excluding steroid dienone is 1. The lowest BCUT2D eigenvalue weighted by atomic mass is 10.2. The largest absolute Gasteiger partial charge is 0.500 e. The van der Waals surface area contributed by atoms with Crippen LogP contribution in [0.1, 0.15) is 12.8 Å². The van der Waals surface area contributed by atoms with E-state index in [1.807, 2.05) is 5.92 Å². The predicted octanol–water partition coefficient (Wildman–Crippen LogP) is 2.44. The maximum atomic E-state index is 12.1. The number of esters is 1. The van der Waals surface area contributed by atoms with Gasteiger partial charge in [0.15, 0.2) is 23.0 Å². The average molecular weight is 314 g/mol. The van der Waals surface area contributed by atoms with Crippen LogP contribution in [-0.4, -0.2) is 21.5 Å². The number of hydrogen-bond donors (Lipinski definition) is 2. The Morgan fingerprint density at radius 2 is 2.23 bits per heavy atom. The molecule has 1 aromatic carbocycles. The second-order valence-electron chi connectivity index (χ2n) is 4.08. The van der Waals surface area contributed by atoms with Crippen LogP contribution in [0, 0.1) is 23.2 Å². The van der Waals surface area contributed by atoms with Crippen molar-refractivity contribution in [3.8, 4) is 17.9 Å². The number of aliphatic hydroxyl groups is 1. The Kier molecular flexibility index (Phi) is 4.72. The van der Waals surface area contributed by atoms with Crippen molar-refractivity contribution >= 4 is 35.3 Å². The molecule has 0 saturated carbocycles. The van der Waals surface area contributed by atoms with Crippen LogP contribution >= 0.6 is 12.6 Å². The molecule has 0 aliphatic heterocycles. The van der Waals surface area contributed by atoms with Gasteiger partial charge in [0, 0.05) is 5.92 Å². The summed E-state index contributed by atoms with van der Waals surface area (Å²) in [6, 6.07) is 8.38. The molecule has 0 aliphatic rings. The summed E-state index contributed by atoms with van der Waals surface area (Å²) in [6.45, 7) is 1.53. The first-order chi connectivity index (χ1) is 10.5. The number of fused-ring (bicyclic) bond motifs is 1. The molecule has 1 heterocycles. The van der Waals surface area contributed by atoms with Crippen molar-refractivity contribution in [2.24, 2.45) is 0 Å². The van der Waals surface area contributed by atoms with Crippen molar-refractivity contribution in [3.05, 3.63) is 35.9 Å². The lowest BCUT2D eigenvalue weighted by Crippen LogP contribution is -2.13. The zero-order valence-corrected chi connectivity index (χ0v) is 12.3. The van der Waals surface area contributed by atoms with Crippen LogP contribution in [0.25, 0.3) is 16.7 Å². The molecular weight excluding hydrogens is 304 g/mol. The molecule has 0 radical (unpaired) electrons. The minimum atomic E-state index is -0.904. The molecule has 1 unspecified atom stereocenters. The summed E-state index contributed by atoms with van der Waals surface area (Å²) in [5, 5.41) is 18.4. The second-order valence-corrected chi connectivity index (χ2v) is 4.80. The SMILES string of the molecule is CC(S)OC(=O)/C(=C(\O)C#CC#N)c1nc2ccccc2o1. The molecule has 1 atom stereocenters. The summed E-state index contributed by atoms with van der Waals surface area (Å²) in [5.74, 6) is 2.41. The number of oxazole rings is 1. The van der Waals surface area contributed by atoms with E-state index in [2.05, 4.69) is 23.5 Å². The number of nitrogens with zero attached hydrogens (tertiary/aromatic N) is 2. The Bertz CT molecular complexity index is 817. The highest BCUT2D eigenvalue weighted by Gasteiger charge is 2.25. The summed E-state index contributed by atoms with van der Waals surface area (Å²) < 4.78 is 10.3. The topological polar surface area (TPSA) is 96.3 Å². The third-order valence-corrected chi connectivity index (χ3v) is 2.57. The van der Waals surface area contributed by atoms with Crippen molar-refractivity contribution in [2.75, 3.05) is 0 Å². The quantitative estimate of drug-likeness (QED) is 0.226. The highest BCUT2D eigenvalue weighted by Crippen LogP contribution is 2.24. The molecule has 7 heteroatoms. The van der Waals surface area contributed by atoms with E-state index in [1.54, 1.807) is 24.3 Å². The number of para-hydroxylation sites is 2. The van der Waals surface area contributed by atoms with Crippen LogP contribution in [-0.2, 0) is 9.53 Å². The summed E-state index contributed by atoms with van der Waals surface area (Å²) >= 11 is 3.95. The number of carbonyl (C=O) groups is 1. The number of aliphatic hydroxyl groups excluding tert-OH is 1. The normalized spacial score (nSPS) is 12.6. The molecule has 0 bridgehead atoms. The lowest BCUT2D eigenvalue weighted by Gasteiger charge is -2.08. The van der Waals surface area contributed by atoms with Crippen molar-refractivity contribution in [1.82, 2.24) is 4.98 Å². The van der Waals surface area contributed by atoms with Gasteiger partial charge in [-0.05, 0) is 25.0 Å². The Balaban J connectivity index is 2.57. The van der Waals surface area contributed by atoms with E-state index in [9.17, 15) is 9.90 Å². The maximum Gasteiger partial charge on any atom is 0.349 e. The summed E-state index contributed by atoms with van der Waals surface area (Å²) in [5.41, 5.74) is -0.131. The third-order valence-electron chi connectivity index (χ3n) is 2.46. The van der Waals surface area contributed by atoms with Crippen LogP contribution in [0.4, 0.5) is 0 Å². The first-order valence-corrected chi connectivity index (χ1v) is 6.63. The van der Waals surface area contributed by atoms with Gasteiger partial charge >= 0.3 is 5.97 Å². The first-order valence-electron chi connectivity index (χ1n) is 6.11. The van der Waals surface area contributed by atoms with Gasteiger partial charge in [0.2, 0.25) is 5.89 Å². The number of rotatable bonds is 3. The molecule has 1 N–H and O–H groups in total. The van der Waals surface area contributed by atoms with E-state index in [1.165, 1.54) is 13.0 Å². The van der Waals surface area contributed by atoms with E-state index in [-0.39, 0.29) is 11.5 Å². The number of benzene rings is 1. The monoisotopic (exact) mass is 314 g/mol. The fourth-order valence-corrected chi connectivity index (χ4v) is 1.72. The van der Waals surface area contributed by atoms with E-state index in [4.69, 9.17) is 14.4 Å². The van der Waals surface area contributed by atoms with Crippen LogP contribution in [0.2, 0.25) is 0 Å². The number of thiol groups is 1. The molecule has 0 spiro atoms. The molecule has 0 fully saturated rings. The second kappa shape index (κ2) is 6.70. The number of carbonyl (C=O) groups excluding carboxylic acids is 1. The molecule has 1 aromatic heterocycles. The molecule has 6 nitrogen and oxygen atoms in total. The average Bonchev–Trinajstić information content (AvgIpc) is 2.87. The highest BCUT2D eigenvalue weighted by molar-refractivity contribution is 7.80. The van der Waals surface area contributed by atoms with Gasteiger partial charge in [-0.3, -0.25) is 0 Å². The molecular formula is C15H10N2O4S. The number of aromatic nitrogens is 1. The van der Waals surface area contributed by atoms with Gasteiger partial charge in [0.25, 0.3) is 0 Å².